The lowest BCUT2D eigenvalue weighted by molar-refractivity contribution is -0.118. The molecule has 2 fully saturated rings. The van der Waals surface area contributed by atoms with Gasteiger partial charge in [0.2, 0.25) is 5.91 Å². The number of rotatable bonds is 6. The summed E-state index contributed by atoms with van der Waals surface area (Å²) in [6.07, 6.45) is 4.00. The molecule has 2 aliphatic heterocycles. The molecule has 3 N–H and O–H groups in total. The Morgan fingerprint density at radius 1 is 1.12 bits per heavy atom. The minimum absolute atomic E-state index is 0.380. The van der Waals surface area contributed by atoms with Crippen LogP contribution in [0, 0.1) is 5.92 Å². The van der Waals surface area contributed by atoms with Crippen molar-refractivity contribution in [3.63, 3.8) is 0 Å². The van der Waals surface area contributed by atoms with Gasteiger partial charge in [0, 0.05) is 37.6 Å². The summed E-state index contributed by atoms with van der Waals surface area (Å²) in [4.78, 5) is 16.2. The van der Waals surface area contributed by atoms with Crippen LogP contribution >= 0.6 is 0 Å². The molecule has 6 nitrogen and oxygen atoms in total. The smallest absolute Gasteiger partial charge is 0.250 e. The number of anilines is 2. The summed E-state index contributed by atoms with van der Waals surface area (Å²) in [6.45, 7) is 7.46. The maximum absolute atomic E-state index is 11.2. The standard InChI is InChI=1S/C19H30N4O2/c24-15-19(25)21-17-1-3-18(4-2-17)23-13-11-22(12-14-23)10-7-16-5-8-20-9-6-16/h1-4,16,20,24H,5-15H2,(H,21,25). The molecule has 0 aromatic heterocycles. The molecule has 6 heteroatoms. The van der Waals surface area contributed by atoms with Crippen LogP contribution in [0.4, 0.5) is 11.4 Å². The van der Waals surface area contributed by atoms with E-state index in [9.17, 15) is 4.79 Å². The van der Waals surface area contributed by atoms with E-state index in [0.29, 0.717) is 0 Å². The van der Waals surface area contributed by atoms with Gasteiger partial charge in [0.25, 0.3) is 0 Å². The van der Waals surface area contributed by atoms with E-state index in [4.69, 9.17) is 5.11 Å². The normalized spacial score (nSPS) is 19.8. The van der Waals surface area contributed by atoms with Crippen LogP contribution in [0.3, 0.4) is 0 Å². The van der Waals surface area contributed by atoms with Crippen LogP contribution in [-0.2, 0) is 4.79 Å². The van der Waals surface area contributed by atoms with Gasteiger partial charge in [0.05, 0.1) is 0 Å². The van der Waals surface area contributed by atoms with E-state index < -0.39 is 6.61 Å². The predicted octanol–water partition coefficient (Wildman–Crippen LogP) is 1.13. The highest BCUT2D eigenvalue weighted by atomic mass is 16.3. The summed E-state index contributed by atoms with van der Waals surface area (Å²) in [5.74, 6) is 0.524. The summed E-state index contributed by atoms with van der Waals surface area (Å²) in [7, 11) is 0. The lowest BCUT2D eigenvalue weighted by Gasteiger charge is -2.37. The molecular weight excluding hydrogens is 316 g/mol. The first-order valence-electron chi connectivity index (χ1n) is 9.43. The quantitative estimate of drug-likeness (QED) is 0.720. The molecule has 1 amide bonds. The molecule has 0 bridgehead atoms. The van der Waals surface area contributed by atoms with Crippen LogP contribution < -0.4 is 15.5 Å². The van der Waals surface area contributed by atoms with Gasteiger partial charge in [-0.3, -0.25) is 9.69 Å². The van der Waals surface area contributed by atoms with Gasteiger partial charge in [0.1, 0.15) is 6.61 Å². The fraction of sp³-hybridized carbons (Fsp3) is 0.632. The summed E-state index contributed by atoms with van der Waals surface area (Å²) in [6, 6.07) is 7.87. The number of nitrogens with one attached hydrogen (secondary N) is 2. The zero-order valence-electron chi connectivity index (χ0n) is 14.9. The van der Waals surface area contributed by atoms with Crippen molar-refractivity contribution in [2.45, 2.75) is 19.3 Å². The van der Waals surface area contributed by atoms with E-state index >= 15 is 0 Å². The highest BCUT2D eigenvalue weighted by Gasteiger charge is 2.19. The second kappa shape index (κ2) is 9.17. The first kappa shape index (κ1) is 18.2. The average Bonchev–Trinajstić information content (AvgIpc) is 2.68. The molecule has 3 rings (SSSR count). The van der Waals surface area contributed by atoms with E-state index in [1.165, 1.54) is 44.6 Å². The fourth-order valence-corrected chi connectivity index (χ4v) is 3.72. The maximum Gasteiger partial charge on any atom is 0.250 e. The monoisotopic (exact) mass is 346 g/mol. The molecule has 0 radical (unpaired) electrons. The summed E-state index contributed by atoms with van der Waals surface area (Å²) >= 11 is 0. The fourth-order valence-electron chi connectivity index (χ4n) is 3.72. The van der Waals surface area contributed by atoms with E-state index in [1.54, 1.807) is 0 Å². The van der Waals surface area contributed by atoms with E-state index in [0.717, 1.165) is 37.8 Å². The van der Waals surface area contributed by atoms with Gasteiger partial charge >= 0.3 is 0 Å². The lowest BCUT2D eigenvalue weighted by Crippen LogP contribution is -2.47. The Morgan fingerprint density at radius 2 is 1.80 bits per heavy atom. The Morgan fingerprint density at radius 3 is 2.44 bits per heavy atom. The van der Waals surface area contributed by atoms with Crippen molar-refractivity contribution in [2.75, 3.05) is 62.6 Å². The predicted molar refractivity (Wildman–Crippen MR) is 101 cm³/mol. The Hall–Kier alpha value is -1.63. The van der Waals surface area contributed by atoms with Crippen molar-refractivity contribution in [1.29, 1.82) is 0 Å². The number of carbonyl (C=O) groups is 1. The highest BCUT2D eigenvalue weighted by Crippen LogP contribution is 2.21. The number of hydrogen-bond acceptors (Lipinski definition) is 5. The third-order valence-corrected chi connectivity index (χ3v) is 5.34. The third kappa shape index (κ3) is 5.42. The molecule has 0 aliphatic carbocycles. The van der Waals surface area contributed by atoms with Crippen LogP contribution in [0.25, 0.3) is 0 Å². The Bertz CT molecular complexity index is 535. The van der Waals surface area contributed by atoms with Crippen LogP contribution in [0.2, 0.25) is 0 Å². The highest BCUT2D eigenvalue weighted by molar-refractivity contribution is 5.91. The molecule has 1 aromatic carbocycles. The summed E-state index contributed by atoms with van der Waals surface area (Å²) in [5, 5.41) is 14.9. The van der Waals surface area contributed by atoms with Gasteiger partial charge in [-0.25, -0.2) is 0 Å². The maximum atomic E-state index is 11.2. The molecule has 0 unspecified atom stereocenters. The molecule has 2 aliphatic rings. The number of nitrogens with zero attached hydrogens (tertiary/aromatic N) is 2. The van der Waals surface area contributed by atoms with Gasteiger partial charge in [-0.05, 0) is 69.1 Å². The minimum Gasteiger partial charge on any atom is -0.387 e. The lowest BCUT2D eigenvalue weighted by atomic mass is 9.94. The summed E-state index contributed by atoms with van der Waals surface area (Å²) in [5.41, 5.74) is 1.92. The first-order valence-corrected chi connectivity index (χ1v) is 9.43. The number of aliphatic hydroxyl groups is 1. The van der Waals surface area contributed by atoms with Crippen molar-refractivity contribution in [1.82, 2.24) is 10.2 Å². The molecule has 25 heavy (non-hydrogen) atoms. The topological polar surface area (TPSA) is 67.8 Å². The number of hydrogen-bond donors (Lipinski definition) is 3. The van der Waals surface area contributed by atoms with Gasteiger partial charge in [-0.2, -0.15) is 0 Å². The van der Waals surface area contributed by atoms with E-state index in [2.05, 4.69) is 20.4 Å². The van der Waals surface area contributed by atoms with Crippen LogP contribution in [0.5, 0.6) is 0 Å². The van der Waals surface area contributed by atoms with Gasteiger partial charge in [-0.15, -0.1) is 0 Å². The third-order valence-electron chi connectivity index (χ3n) is 5.34. The molecule has 2 heterocycles. The zero-order chi connectivity index (χ0) is 17.5. The van der Waals surface area contributed by atoms with E-state index in [-0.39, 0.29) is 5.91 Å². The van der Waals surface area contributed by atoms with Crippen molar-refractivity contribution < 1.29 is 9.90 Å². The molecule has 0 atom stereocenters. The van der Waals surface area contributed by atoms with Crippen molar-refractivity contribution in [3.8, 4) is 0 Å². The van der Waals surface area contributed by atoms with Gasteiger partial charge in [-0.1, -0.05) is 0 Å². The molecule has 2 saturated heterocycles. The second-order valence-corrected chi connectivity index (χ2v) is 7.06. The van der Waals surface area contributed by atoms with E-state index in [1.807, 2.05) is 24.3 Å². The van der Waals surface area contributed by atoms with Crippen molar-refractivity contribution >= 4 is 17.3 Å². The largest absolute Gasteiger partial charge is 0.387 e. The Kier molecular flexibility index (Phi) is 6.67. The van der Waals surface area contributed by atoms with Crippen molar-refractivity contribution in [3.05, 3.63) is 24.3 Å². The number of piperidine rings is 1. The number of carbonyl (C=O) groups excluding carboxylic acids is 1. The van der Waals surface area contributed by atoms with Crippen LogP contribution in [0.1, 0.15) is 19.3 Å². The number of aliphatic hydroxyl groups excluding tert-OH is 1. The minimum atomic E-state index is -0.485. The Balaban J connectivity index is 1.41. The van der Waals surface area contributed by atoms with Crippen LogP contribution in [-0.4, -0.2) is 68.3 Å². The van der Waals surface area contributed by atoms with Crippen LogP contribution in [0.15, 0.2) is 24.3 Å². The molecule has 0 saturated carbocycles. The number of piperazine rings is 1. The second-order valence-electron chi connectivity index (χ2n) is 7.06. The molecule has 138 valence electrons. The van der Waals surface area contributed by atoms with Gasteiger partial charge in [0.15, 0.2) is 0 Å². The van der Waals surface area contributed by atoms with Gasteiger partial charge < -0.3 is 20.6 Å². The zero-order valence-corrected chi connectivity index (χ0v) is 14.9. The number of amides is 1. The molecule has 0 spiro atoms. The van der Waals surface area contributed by atoms with Crippen molar-refractivity contribution in [2.24, 2.45) is 5.92 Å². The SMILES string of the molecule is O=C(CO)Nc1ccc(N2CCN(CCC3CCNCC3)CC2)cc1. The summed E-state index contributed by atoms with van der Waals surface area (Å²) < 4.78 is 0. The molecular formula is C19H30N4O2. The number of benzene rings is 1. The average molecular weight is 346 g/mol. The Labute approximate surface area is 150 Å². The first-order chi connectivity index (χ1) is 12.2. The molecule has 1 aromatic rings.